The topological polar surface area (TPSA) is 23.6 Å². The second-order valence-electron chi connectivity index (χ2n) is 6.96. The van der Waals surface area contributed by atoms with E-state index in [-0.39, 0.29) is 11.6 Å². The summed E-state index contributed by atoms with van der Waals surface area (Å²) in [4.78, 5) is 13.8. The Morgan fingerprint density at radius 2 is 1.67 bits per heavy atom. The van der Waals surface area contributed by atoms with Gasteiger partial charge < -0.3 is 9.80 Å². The van der Waals surface area contributed by atoms with Crippen molar-refractivity contribution in [2.45, 2.75) is 11.8 Å². The molecule has 30 heavy (non-hydrogen) atoms. The molecule has 0 saturated carbocycles. The van der Waals surface area contributed by atoms with Crippen molar-refractivity contribution in [3.63, 3.8) is 0 Å². The third-order valence-electron chi connectivity index (χ3n) is 4.67. The van der Waals surface area contributed by atoms with Crippen molar-refractivity contribution in [2.24, 2.45) is 0 Å². The molecule has 1 heterocycles. The molecule has 2 aromatic carbocycles. The van der Waals surface area contributed by atoms with E-state index in [0.717, 1.165) is 23.4 Å². The molecule has 2 aromatic rings. The molecule has 1 amide bonds. The van der Waals surface area contributed by atoms with Crippen LogP contribution in [0.4, 0.5) is 25.1 Å². The molecule has 1 fully saturated rings. The Kier molecular flexibility index (Phi) is 5.24. The lowest BCUT2D eigenvalue weighted by molar-refractivity contribution is -0.125. The number of carbonyl (C=O) groups is 1. The molecular weight excluding hydrogens is 447 g/mol. The van der Waals surface area contributed by atoms with Gasteiger partial charge in [-0.2, -0.15) is 0 Å². The van der Waals surface area contributed by atoms with Gasteiger partial charge in [0, 0.05) is 48.4 Å². The highest BCUT2D eigenvalue weighted by Crippen LogP contribution is 3.02. The van der Waals surface area contributed by atoms with E-state index >= 15 is 0 Å². The molecule has 0 radical (unpaired) electrons. The largest absolute Gasteiger partial charge is 0.368 e. The van der Waals surface area contributed by atoms with Crippen LogP contribution < -0.4 is 4.90 Å². The molecule has 0 spiro atoms. The highest BCUT2D eigenvalue weighted by Gasteiger charge is 2.65. The number of hydrogen-bond acceptors (Lipinski definition) is 2. The molecule has 1 saturated heterocycles. The minimum Gasteiger partial charge on any atom is -0.368 e. The van der Waals surface area contributed by atoms with Crippen molar-refractivity contribution in [3.8, 4) is 11.8 Å². The Morgan fingerprint density at radius 3 is 2.30 bits per heavy atom. The fraction of sp³-hybridized carbons (Fsp3) is 0.250. The molecule has 0 aromatic heterocycles. The van der Waals surface area contributed by atoms with Crippen LogP contribution in [0.15, 0.2) is 47.4 Å². The highest BCUT2D eigenvalue weighted by molar-refractivity contribution is 8.45. The number of aryl methyl sites for hydroxylation is 1. The Balaban J connectivity index is 1.68. The van der Waals surface area contributed by atoms with Crippen LogP contribution in [0.1, 0.15) is 11.1 Å². The van der Waals surface area contributed by atoms with E-state index in [2.05, 4.69) is 16.7 Å². The van der Waals surface area contributed by atoms with Crippen molar-refractivity contribution < 1.29 is 24.2 Å². The summed E-state index contributed by atoms with van der Waals surface area (Å²) in [6.07, 6.45) is 0. The lowest BCUT2D eigenvalue weighted by Crippen LogP contribution is -2.48. The molecule has 0 atom stereocenters. The SMILES string of the molecule is Cc1ccc(Cl)cc1N1CCN(C(=O)C#Cc2cccc(S(F)(F)(F)(F)F)c2)CC1. The van der Waals surface area contributed by atoms with E-state index in [1.165, 1.54) is 4.90 Å². The third-order valence-corrected chi connectivity index (χ3v) is 6.05. The van der Waals surface area contributed by atoms with Gasteiger partial charge in [-0.05, 0) is 42.8 Å². The van der Waals surface area contributed by atoms with Gasteiger partial charge in [0.25, 0.3) is 5.91 Å². The van der Waals surface area contributed by atoms with Gasteiger partial charge in [0.2, 0.25) is 0 Å². The maximum absolute atomic E-state index is 12.9. The zero-order valence-corrected chi connectivity index (χ0v) is 17.4. The number of halogens is 6. The van der Waals surface area contributed by atoms with Crippen molar-refractivity contribution in [1.29, 1.82) is 0 Å². The molecule has 162 valence electrons. The molecule has 3 nitrogen and oxygen atoms in total. The minimum atomic E-state index is -9.79. The number of piperazine rings is 1. The first-order chi connectivity index (χ1) is 13.7. The Morgan fingerprint density at radius 1 is 1.00 bits per heavy atom. The van der Waals surface area contributed by atoms with Crippen LogP contribution in [-0.4, -0.2) is 37.0 Å². The van der Waals surface area contributed by atoms with E-state index in [1.807, 2.05) is 19.1 Å². The van der Waals surface area contributed by atoms with Crippen LogP contribution in [0.3, 0.4) is 0 Å². The average Bonchev–Trinajstić information content (AvgIpc) is 2.67. The third kappa shape index (κ3) is 5.37. The minimum absolute atomic E-state index is 0.266. The highest BCUT2D eigenvalue weighted by atomic mass is 35.5. The molecule has 10 heteroatoms. The number of nitrogens with zero attached hydrogens (tertiary/aromatic N) is 2. The first kappa shape index (κ1) is 22.2. The van der Waals surface area contributed by atoms with E-state index in [1.54, 1.807) is 6.07 Å². The maximum Gasteiger partial charge on any atom is 0.310 e. The van der Waals surface area contributed by atoms with Gasteiger partial charge >= 0.3 is 10.2 Å². The van der Waals surface area contributed by atoms with Crippen LogP contribution in [-0.2, 0) is 4.79 Å². The summed E-state index contributed by atoms with van der Waals surface area (Å²) in [5.41, 5.74) is 1.71. The second-order valence-corrected chi connectivity index (χ2v) is 9.80. The van der Waals surface area contributed by atoms with Crippen LogP contribution >= 0.6 is 21.8 Å². The zero-order chi connectivity index (χ0) is 22.2. The van der Waals surface area contributed by atoms with E-state index in [0.29, 0.717) is 37.3 Å². The second kappa shape index (κ2) is 7.06. The van der Waals surface area contributed by atoms with Crippen molar-refractivity contribution in [3.05, 3.63) is 58.6 Å². The van der Waals surface area contributed by atoms with Gasteiger partial charge in [0.05, 0.1) is 0 Å². The van der Waals surface area contributed by atoms with Gasteiger partial charge in [0.1, 0.15) is 4.90 Å². The molecule has 0 bridgehead atoms. The van der Waals surface area contributed by atoms with Gasteiger partial charge in [-0.1, -0.05) is 49.1 Å². The summed E-state index contributed by atoms with van der Waals surface area (Å²) >= 11 is 6.05. The molecule has 0 N–H and O–H groups in total. The summed E-state index contributed by atoms with van der Waals surface area (Å²) in [5, 5.41) is 0.605. The normalized spacial score (nSPS) is 16.9. The average molecular weight is 465 g/mol. The van der Waals surface area contributed by atoms with Crippen LogP contribution in [0.2, 0.25) is 5.02 Å². The zero-order valence-electron chi connectivity index (χ0n) is 15.8. The molecule has 0 aliphatic carbocycles. The molecular formula is C20H18ClF5N2OS. The summed E-state index contributed by atoms with van der Waals surface area (Å²) in [6.45, 7) is 3.76. The van der Waals surface area contributed by atoms with E-state index < -0.39 is 21.0 Å². The monoisotopic (exact) mass is 464 g/mol. The van der Waals surface area contributed by atoms with Gasteiger partial charge in [-0.25, -0.2) is 0 Å². The number of amides is 1. The summed E-state index contributed by atoms with van der Waals surface area (Å²) in [5.74, 6) is 3.93. The van der Waals surface area contributed by atoms with E-state index in [9.17, 15) is 24.2 Å². The summed E-state index contributed by atoms with van der Waals surface area (Å²) < 4.78 is 64.6. The summed E-state index contributed by atoms with van der Waals surface area (Å²) in [6, 6.07) is 8.09. The first-order valence-electron chi connectivity index (χ1n) is 8.89. The first-order valence-corrected chi connectivity index (χ1v) is 11.2. The Bertz CT molecular complexity index is 1060. The Hall–Kier alpha value is -2.44. The molecule has 1 aliphatic heterocycles. The fourth-order valence-electron chi connectivity index (χ4n) is 3.09. The molecule has 0 unspecified atom stereocenters. The predicted molar refractivity (Wildman–Crippen MR) is 110 cm³/mol. The summed E-state index contributed by atoms with van der Waals surface area (Å²) in [7, 11) is -9.79. The predicted octanol–water partition coefficient (Wildman–Crippen LogP) is 6.01. The van der Waals surface area contributed by atoms with Crippen molar-refractivity contribution >= 4 is 33.4 Å². The van der Waals surface area contributed by atoms with Crippen LogP contribution in [0.25, 0.3) is 0 Å². The quantitative estimate of drug-likeness (QED) is 0.401. The van der Waals surface area contributed by atoms with Gasteiger partial charge in [-0.3, -0.25) is 4.79 Å². The lowest BCUT2D eigenvalue weighted by atomic mass is 10.1. The fourth-order valence-corrected chi connectivity index (χ4v) is 3.94. The standard InChI is InChI=1S/C20H18ClF5N2OS/c1-15-5-7-17(21)14-19(15)27-9-11-28(12-10-27)20(29)8-6-16-3-2-4-18(13-16)30(22,23,24,25)26/h2-5,7,13-14H,9-12H2,1H3. The smallest absolute Gasteiger partial charge is 0.310 e. The number of anilines is 1. The van der Waals surface area contributed by atoms with Gasteiger partial charge in [0.15, 0.2) is 0 Å². The van der Waals surface area contributed by atoms with Crippen LogP contribution in [0, 0.1) is 18.8 Å². The van der Waals surface area contributed by atoms with Crippen molar-refractivity contribution in [2.75, 3.05) is 31.1 Å². The number of rotatable bonds is 2. The number of carbonyl (C=O) groups excluding carboxylic acids is 1. The maximum atomic E-state index is 12.9. The van der Waals surface area contributed by atoms with Crippen LogP contribution in [0.5, 0.6) is 0 Å². The van der Waals surface area contributed by atoms with E-state index in [4.69, 9.17) is 11.6 Å². The number of hydrogen-bond donors (Lipinski definition) is 0. The Labute approximate surface area is 176 Å². The molecule has 1 aliphatic rings. The van der Waals surface area contributed by atoms with Gasteiger partial charge in [-0.15, -0.1) is 0 Å². The van der Waals surface area contributed by atoms with Crippen molar-refractivity contribution in [1.82, 2.24) is 4.90 Å². The number of benzene rings is 2. The molecule has 3 rings (SSSR count). The lowest BCUT2D eigenvalue weighted by Gasteiger charge is -2.40.